The molecular weight excluding hydrogens is 265 g/mol. The molecule has 1 heterocycles. The minimum absolute atomic E-state index is 0.245. The predicted octanol–water partition coefficient (Wildman–Crippen LogP) is 3.18. The largest absolute Gasteiger partial charge is 0.384 e. The number of hydrogen-bond acceptors (Lipinski definition) is 2. The lowest BCUT2D eigenvalue weighted by atomic mass is 9.78. The third kappa shape index (κ3) is 4.30. The average molecular weight is 289 g/mol. The second-order valence-corrected chi connectivity index (χ2v) is 6.21. The highest BCUT2D eigenvalue weighted by atomic mass is 19.1. The Morgan fingerprint density at radius 2 is 2.05 bits per heavy atom. The lowest BCUT2D eigenvalue weighted by molar-refractivity contribution is 0.109. The van der Waals surface area contributed by atoms with Crippen LogP contribution in [-0.2, 0) is 6.54 Å². The molecule has 2 nitrogen and oxygen atoms in total. The van der Waals surface area contributed by atoms with E-state index >= 15 is 0 Å². The maximum Gasteiger partial charge on any atom is 0.138 e. The maximum absolute atomic E-state index is 13.6. The van der Waals surface area contributed by atoms with E-state index in [1.807, 2.05) is 6.07 Å². The average Bonchev–Trinajstić information content (AvgIpc) is 2.50. The molecule has 0 aromatic heterocycles. The highest BCUT2D eigenvalue weighted by Crippen LogP contribution is 2.34. The molecule has 3 heteroatoms. The number of hydrogen-bond donors (Lipinski definition) is 1. The van der Waals surface area contributed by atoms with Crippen LogP contribution in [0, 0.1) is 23.1 Å². The van der Waals surface area contributed by atoms with E-state index in [1.54, 1.807) is 6.07 Å². The van der Waals surface area contributed by atoms with Gasteiger partial charge in [0, 0.05) is 6.54 Å². The normalized spacial score (nSPS) is 18.1. The van der Waals surface area contributed by atoms with E-state index in [1.165, 1.54) is 25.3 Å². The molecule has 0 bridgehead atoms. The fraction of sp³-hybridized carbons (Fsp3) is 0.556. The van der Waals surface area contributed by atoms with Crippen LogP contribution >= 0.6 is 0 Å². The van der Waals surface area contributed by atoms with Crippen molar-refractivity contribution in [2.45, 2.75) is 39.7 Å². The molecule has 0 radical (unpaired) electrons. The van der Waals surface area contributed by atoms with E-state index in [0.29, 0.717) is 11.0 Å². The Kier molecular flexibility index (Phi) is 5.39. The van der Waals surface area contributed by atoms with Gasteiger partial charge in [0.25, 0.3) is 0 Å². The van der Waals surface area contributed by atoms with Crippen molar-refractivity contribution < 1.29 is 9.50 Å². The first-order valence-corrected chi connectivity index (χ1v) is 7.67. The van der Waals surface area contributed by atoms with Crippen molar-refractivity contribution in [1.82, 2.24) is 4.90 Å². The summed E-state index contributed by atoms with van der Waals surface area (Å²) < 4.78 is 13.6. The Morgan fingerprint density at radius 3 is 2.67 bits per heavy atom. The third-order valence-electron chi connectivity index (χ3n) is 4.66. The van der Waals surface area contributed by atoms with Crippen LogP contribution in [0.15, 0.2) is 18.2 Å². The van der Waals surface area contributed by atoms with Crippen molar-refractivity contribution >= 4 is 0 Å². The summed E-state index contributed by atoms with van der Waals surface area (Å²) in [4.78, 5) is 2.42. The van der Waals surface area contributed by atoms with Gasteiger partial charge in [0.1, 0.15) is 12.4 Å². The molecule has 1 aliphatic heterocycles. The Balaban J connectivity index is 2.01. The van der Waals surface area contributed by atoms with Gasteiger partial charge in [-0.3, -0.25) is 4.90 Å². The fourth-order valence-electron chi connectivity index (χ4n) is 2.76. The highest BCUT2D eigenvalue weighted by molar-refractivity contribution is 5.38. The first-order valence-electron chi connectivity index (χ1n) is 7.67. The smallest absolute Gasteiger partial charge is 0.138 e. The SMILES string of the molecule is CCC1(C)CCN(Cc2ccc(F)c(C#CCO)c2)CC1. The summed E-state index contributed by atoms with van der Waals surface area (Å²) >= 11 is 0. The molecule has 1 N–H and O–H groups in total. The second kappa shape index (κ2) is 7.06. The topological polar surface area (TPSA) is 23.5 Å². The van der Waals surface area contributed by atoms with Crippen molar-refractivity contribution in [3.05, 3.63) is 35.1 Å². The quantitative estimate of drug-likeness (QED) is 0.864. The third-order valence-corrected chi connectivity index (χ3v) is 4.66. The van der Waals surface area contributed by atoms with E-state index in [-0.39, 0.29) is 12.4 Å². The fourth-order valence-corrected chi connectivity index (χ4v) is 2.76. The van der Waals surface area contributed by atoms with Gasteiger partial charge in [0.05, 0.1) is 5.56 Å². The van der Waals surface area contributed by atoms with Gasteiger partial charge in [-0.15, -0.1) is 0 Å². The molecule has 0 aliphatic carbocycles. The Labute approximate surface area is 127 Å². The van der Waals surface area contributed by atoms with Gasteiger partial charge in [0.2, 0.25) is 0 Å². The first kappa shape index (κ1) is 16.0. The van der Waals surface area contributed by atoms with Gasteiger partial charge in [-0.25, -0.2) is 4.39 Å². The molecule has 1 aliphatic rings. The van der Waals surface area contributed by atoms with Crippen LogP contribution in [-0.4, -0.2) is 29.7 Å². The molecule has 114 valence electrons. The molecule has 21 heavy (non-hydrogen) atoms. The Bertz CT molecular complexity index is 536. The van der Waals surface area contributed by atoms with Crippen LogP contribution in [0.1, 0.15) is 44.2 Å². The van der Waals surface area contributed by atoms with Crippen LogP contribution in [0.5, 0.6) is 0 Å². The minimum Gasteiger partial charge on any atom is -0.384 e. The number of aliphatic hydroxyl groups is 1. The van der Waals surface area contributed by atoms with Crippen LogP contribution in [0.4, 0.5) is 4.39 Å². The maximum atomic E-state index is 13.6. The zero-order valence-electron chi connectivity index (χ0n) is 13.0. The van der Waals surface area contributed by atoms with Gasteiger partial charge in [0.15, 0.2) is 0 Å². The van der Waals surface area contributed by atoms with Crippen molar-refractivity contribution in [1.29, 1.82) is 0 Å². The molecule has 0 unspecified atom stereocenters. The molecule has 0 amide bonds. The van der Waals surface area contributed by atoms with E-state index < -0.39 is 0 Å². The van der Waals surface area contributed by atoms with E-state index in [9.17, 15) is 4.39 Å². The Morgan fingerprint density at radius 1 is 1.33 bits per heavy atom. The summed E-state index contributed by atoms with van der Waals surface area (Å²) in [7, 11) is 0. The lowest BCUT2D eigenvalue weighted by Gasteiger charge is -2.39. The van der Waals surface area contributed by atoms with Gasteiger partial charge in [-0.05, 0) is 49.0 Å². The van der Waals surface area contributed by atoms with Crippen molar-refractivity contribution in [2.75, 3.05) is 19.7 Å². The molecule has 1 aromatic rings. The first-order chi connectivity index (χ1) is 10.1. The summed E-state index contributed by atoms with van der Waals surface area (Å²) in [5, 5.41) is 8.72. The molecule has 0 spiro atoms. The predicted molar refractivity (Wildman–Crippen MR) is 83.3 cm³/mol. The van der Waals surface area contributed by atoms with Crippen LogP contribution in [0.3, 0.4) is 0 Å². The van der Waals surface area contributed by atoms with Gasteiger partial charge in [-0.2, -0.15) is 0 Å². The number of benzene rings is 1. The summed E-state index contributed by atoms with van der Waals surface area (Å²) in [5.41, 5.74) is 1.94. The molecule has 1 aromatic carbocycles. The molecule has 2 rings (SSSR count). The minimum atomic E-state index is -0.322. The molecule has 0 saturated carbocycles. The summed E-state index contributed by atoms with van der Waals surface area (Å²) in [5.74, 6) is 4.85. The van der Waals surface area contributed by atoms with Crippen LogP contribution < -0.4 is 0 Å². The van der Waals surface area contributed by atoms with Crippen molar-refractivity contribution in [3.8, 4) is 11.8 Å². The standard InChI is InChI=1S/C18H24FNO/c1-3-18(2)8-10-20(11-9-18)14-15-6-7-17(19)16(13-15)5-4-12-21/h6-7,13,21H,3,8-12,14H2,1-2H3. The number of rotatable bonds is 3. The van der Waals surface area contributed by atoms with Crippen LogP contribution in [0.2, 0.25) is 0 Å². The zero-order chi connectivity index (χ0) is 15.3. The molecule has 1 fully saturated rings. The number of aliphatic hydroxyl groups excluding tert-OH is 1. The van der Waals surface area contributed by atoms with Gasteiger partial charge >= 0.3 is 0 Å². The van der Waals surface area contributed by atoms with Crippen LogP contribution in [0.25, 0.3) is 0 Å². The van der Waals surface area contributed by atoms with Crippen molar-refractivity contribution in [3.63, 3.8) is 0 Å². The molecule has 0 atom stereocenters. The van der Waals surface area contributed by atoms with E-state index in [2.05, 4.69) is 30.6 Å². The van der Waals surface area contributed by atoms with E-state index in [4.69, 9.17) is 5.11 Å². The second-order valence-electron chi connectivity index (χ2n) is 6.21. The summed E-state index contributed by atoms with van der Waals surface area (Å²) in [6, 6.07) is 5.09. The molecule has 1 saturated heterocycles. The summed E-state index contributed by atoms with van der Waals surface area (Å²) in [6.07, 6.45) is 3.68. The molecular formula is C18H24FNO. The number of halogens is 1. The van der Waals surface area contributed by atoms with Gasteiger partial charge < -0.3 is 5.11 Å². The monoisotopic (exact) mass is 289 g/mol. The van der Waals surface area contributed by atoms with E-state index in [0.717, 1.165) is 25.2 Å². The Hall–Kier alpha value is -1.37. The summed E-state index contributed by atoms with van der Waals surface area (Å²) in [6.45, 7) is 7.42. The highest BCUT2D eigenvalue weighted by Gasteiger charge is 2.28. The van der Waals surface area contributed by atoms with Gasteiger partial charge in [-0.1, -0.05) is 38.2 Å². The number of likely N-dealkylation sites (tertiary alicyclic amines) is 1. The lowest BCUT2D eigenvalue weighted by Crippen LogP contribution is -2.37. The number of piperidine rings is 1. The number of nitrogens with zero attached hydrogens (tertiary/aromatic N) is 1. The van der Waals surface area contributed by atoms with Crippen molar-refractivity contribution in [2.24, 2.45) is 5.41 Å². The zero-order valence-corrected chi connectivity index (χ0v) is 13.0.